The lowest BCUT2D eigenvalue weighted by Crippen LogP contribution is -2.14. The van der Waals surface area contributed by atoms with Crippen LogP contribution in [0.3, 0.4) is 0 Å². The molecule has 0 aromatic heterocycles. The van der Waals surface area contributed by atoms with Gasteiger partial charge >= 0.3 is 0 Å². The number of hydrogen-bond donors (Lipinski definition) is 1. The molecule has 95 valence electrons. The Morgan fingerprint density at radius 1 is 1.18 bits per heavy atom. The van der Waals surface area contributed by atoms with E-state index < -0.39 is 0 Å². The van der Waals surface area contributed by atoms with Crippen LogP contribution in [0.5, 0.6) is 11.5 Å². The normalized spacial score (nSPS) is 11.5. The van der Waals surface area contributed by atoms with Gasteiger partial charge in [0.1, 0.15) is 0 Å². The molecule has 1 N–H and O–H groups in total. The minimum Gasteiger partial charge on any atom is -0.504 e. The summed E-state index contributed by atoms with van der Waals surface area (Å²) in [6.45, 7) is 11.3. The Kier molecular flexibility index (Phi) is 4.86. The van der Waals surface area contributed by atoms with Crippen LogP contribution >= 0.6 is 0 Å². The van der Waals surface area contributed by atoms with Gasteiger partial charge in [0.2, 0.25) is 0 Å². The standard InChI is InChI=1S/C15H23O2/c1-6-17-14-9-12(7-8-13(14)16)15(10(2)3)11(4)5/h7-11,16H,6H2,1-5H3. The number of hydrogen-bond acceptors (Lipinski definition) is 2. The van der Waals surface area contributed by atoms with Gasteiger partial charge in [0.15, 0.2) is 11.5 Å². The first-order valence-electron chi connectivity index (χ1n) is 6.30. The van der Waals surface area contributed by atoms with Crippen molar-refractivity contribution in [2.24, 2.45) is 11.8 Å². The molecule has 0 spiro atoms. The highest BCUT2D eigenvalue weighted by Crippen LogP contribution is 2.35. The fourth-order valence-electron chi connectivity index (χ4n) is 2.30. The van der Waals surface area contributed by atoms with Crippen molar-refractivity contribution in [2.75, 3.05) is 6.61 Å². The Labute approximate surface area is 105 Å². The summed E-state index contributed by atoms with van der Waals surface area (Å²) < 4.78 is 5.42. The molecule has 2 heteroatoms. The van der Waals surface area contributed by atoms with E-state index in [4.69, 9.17) is 4.74 Å². The Balaban J connectivity index is 3.08. The Morgan fingerprint density at radius 2 is 1.76 bits per heavy atom. The van der Waals surface area contributed by atoms with Gasteiger partial charge < -0.3 is 9.84 Å². The topological polar surface area (TPSA) is 29.5 Å². The van der Waals surface area contributed by atoms with Crippen LogP contribution in [0.15, 0.2) is 18.2 Å². The van der Waals surface area contributed by atoms with Gasteiger partial charge in [0.25, 0.3) is 0 Å². The van der Waals surface area contributed by atoms with E-state index in [0.717, 1.165) is 5.56 Å². The van der Waals surface area contributed by atoms with E-state index in [2.05, 4.69) is 27.7 Å². The number of phenolic OH excluding ortho intramolecular Hbond substituents is 1. The average molecular weight is 235 g/mol. The zero-order valence-corrected chi connectivity index (χ0v) is 11.4. The van der Waals surface area contributed by atoms with Crippen molar-refractivity contribution in [1.82, 2.24) is 0 Å². The minimum atomic E-state index is 0.211. The molecule has 0 bridgehead atoms. The number of aromatic hydroxyl groups is 1. The van der Waals surface area contributed by atoms with Crippen LogP contribution < -0.4 is 4.74 Å². The summed E-state index contributed by atoms with van der Waals surface area (Å²) in [6.07, 6.45) is 0. The summed E-state index contributed by atoms with van der Waals surface area (Å²) in [5.74, 6) is 3.17. The van der Waals surface area contributed by atoms with E-state index in [0.29, 0.717) is 24.2 Å². The largest absolute Gasteiger partial charge is 0.504 e. The molecule has 1 aromatic carbocycles. The van der Waals surface area contributed by atoms with Crippen molar-refractivity contribution in [2.45, 2.75) is 34.6 Å². The fourth-order valence-corrected chi connectivity index (χ4v) is 2.30. The molecule has 0 aliphatic rings. The van der Waals surface area contributed by atoms with Crippen LogP contribution in [0.1, 0.15) is 40.2 Å². The zero-order valence-electron chi connectivity index (χ0n) is 11.4. The Morgan fingerprint density at radius 3 is 2.24 bits per heavy atom. The first-order valence-corrected chi connectivity index (χ1v) is 6.30. The lowest BCUT2D eigenvalue weighted by molar-refractivity contribution is 0.317. The second-order valence-electron chi connectivity index (χ2n) is 4.88. The number of ether oxygens (including phenoxy) is 1. The number of benzene rings is 1. The van der Waals surface area contributed by atoms with E-state index in [-0.39, 0.29) is 5.75 Å². The summed E-state index contributed by atoms with van der Waals surface area (Å²) >= 11 is 0. The molecule has 0 amide bonds. The predicted octanol–water partition coefficient (Wildman–Crippen LogP) is 4.03. The van der Waals surface area contributed by atoms with Gasteiger partial charge in [-0.25, -0.2) is 0 Å². The van der Waals surface area contributed by atoms with E-state index in [1.165, 1.54) is 5.92 Å². The lowest BCUT2D eigenvalue weighted by atomic mass is 9.80. The van der Waals surface area contributed by atoms with Gasteiger partial charge in [0, 0.05) is 5.92 Å². The molecule has 0 aliphatic heterocycles. The number of rotatable bonds is 5. The van der Waals surface area contributed by atoms with Crippen molar-refractivity contribution in [3.8, 4) is 11.5 Å². The molecule has 1 aromatic rings. The van der Waals surface area contributed by atoms with Gasteiger partial charge in [-0.05, 0) is 36.5 Å². The van der Waals surface area contributed by atoms with Gasteiger partial charge in [-0.2, -0.15) is 0 Å². The maximum atomic E-state index is 9.69. The second kappa shape index (κ2) is 5.95. The molecule has 0 saturated carbocycles. The molecule has 1 rings (SSSR count). The van der Waals surface area contributed by atoms with Gasteiger partial charge in [-0.3, -0.25) is 0 Å². The molecule has 0 unspecified atom stereocenters. The quantitative estimate of drug-likeness (QED) is 0.835. The molecular formula is C15H23O2. The summed E-state index contributed by atoms with van der Waals surface area (Å²) in [4.78, 5) is 0. The van der Waals surface area contributed by atoms with Crippen LogP contribution in [0, 0.1) is 17.8 Å². The number of phenols is 1. The molecule has 2 nitrogen and oxygen atoms in total. The first-order chi connectivity index (χ1) is 7.97. The van der Waals surface area contributed by atoms with Crippen LogP contribution in [0.25, 0.3) is 0 Å². The molecular weight excluding hydrogens is 212 g/mol. The maximum Gasteiger partial charge on any atom is 0.161 e. The molecule has 17 heavy (non-hydrogen) atoms. The first kappa shape index (κ1) is 13.9. The van der Waals surface area contributed by atoms with Crippen molar-refractivity contribution in [3.05, 3.63) is 29.7 Å². The third-order valence-corrected chi connectivity index (χ3v) is 2.84. The second-order valence-corrected chi connectivity index (χ2v) is 4.88. The molecule has 0 atom stereocenters. The van der Waals surface area contributed by atoms with E-state index in [9.17, 15) is 5.11 Å². The molecule has 0 fully saturated rings. The Bertz CT molecular complexity index is 348. The van der Waals surface area contributed by atoms with Crippen LogP contribution in [0.4, 0.5) is 0 Å². The van der Waals surface area contributed by atoms with Gasteiger partial charge in [0.05, 0.1) is 6.61 Å². The van der Waals surface area contributed by atoms with Crippen molar-refractivity contribution in [1.29, 1.82) is 0 Å². The summed E-state index contributed by atoms with van der Waals surface area (Å²) in [5.41, 5.74) is 1.16. The third kappa shape index (κ3) is 3.39. The van der Waals surface area contributed by atoms with E-state index in [1.54, 1.807) is 6.07 Å². The molecule has 0 aliphatic carbocycles. The van der Waals surface area contributed by atoms with Gasteiger partial charge in [-0.15, -0.1) is 0 Å². The zero-order chi connectivity index (χ0) is 13.0. The molecule has 0 saturated heterocycles. The SMILES string of the molecule is CCOc1cc([C](C(C)C)C(C)C)ccc1O. The van der Waals surface area contributed by atoms with E-state index >= 15 is 0 Å². The summed E-state index contributed by atoms with van der Waals surface area (Å²) in [7, 11) is 0. The Hall–Kier alpha value is -1.18. The molecule has 0 heterocycles. The highest BCUT2D eigenvalue weighted by molar-refractivity contribution is 5.46. The molecule has 1 radical (unpaired) electrons. The van der Waals surface area contributed by atoms with Crippen LogP contribution in [-0.2, 0) is 0 Å². The van der Waals surface area contributed by atoms with Gasteiger partial charge in [-0.1, -0.05) is 33.8 Å². The van der Waals surface area contributed by atoms with Crippen molar-refractivity contribution >= 4 is 0 Å². The minimum absolute atomic E-state index is 0.211. The van der Waals surface area contributed by atoms with Crippen molar-refractivity contribution in [3.63, 3.8) is 0 Å². The summed E-state index contributed by atoms with van der Waals surface area (Å²) in [5, 5.41) is 9.69. The maximum absolute atomic E-state index is 9.69. The van der Waals surface area contributed by atoms with Crippen LogP contribution in [0.2, 0.25) is 0 Å². The fraction of sp³-hybridized carbons (Fsp3) is 0.533. The highest BCUT2D eigenvalue weighted by Gasteiger charge is 2.21. The third-order valence-electron chi connectivity index (χ3n) is 2.84. The lowest BCUT2D eigenvalue weighted by Gasteiger charge is -2.25. The summed E-state index contributed by atoms with van der Waals surface area (Å²) in [6, 6.07) is 5.62. The van der Waals surface area contributed by atoms with Crippen molar-refractivity contribution < 1.29 is 9.84 Å². The van der Waals surface area contributed by atoms with Crippen LogP contribution in [-0.4, -0.2) is 11.7 Å². The highest BCUT2D eigenvalue weighted by atomic mass is 16.5. The monoisotopic (exact) mass is 235 g/mol. The predicted molar refractivity (Wildman–Crippen MR) is 71.3 cm³/mol. The smallest absolute Gasteiger partial charge is 0.161 e. The van der Waals surface area contributed by atoms with E-state index in [1.807, 2.05) is 19.1 Å². The average Bonchev–Trinajstić information content (AvgIpc) is 2.22.